The van der Waals surface area contributed by atoms with Crippen LogP contribution >= 0.6 is 12.2 Å². The fourth-order valence-corrected chi connectivity index (χ4v) is 3.33. The lowest BCUT2D eigenvalue weighted by Gasteiger charge is -2.24. The number of rotatable bonds is 5. The number of nitrogens with one attached hydrogen (secondary N) is 1. The fourth-order valence-electron chi connectivity index (χ4n) is 3.28. The zero-order chi connectivity index (χ0) is 20.8. The third kappa shape index (κ3) is 5.68. The molecule has 0 bridgehead atoms. The molecule has 0 atom stereocenters. The van der Waals surface area contributed by atoms with E-state index in [1.54, 1.807) is 18.2 Å². The Morgan fingerprint density at radius 2 is 1.79 bits per heavy atom. The first kappa shape index (κ1) is 21.1. The third-order valence-corrected chi connectivity index (χ3v) is 4.81. The van der Waals surface area contributed by atoms with Crippen LogP contribution in [0.4, 0.5) is 18.9 Å². The van der Waals surface area contributed by atoms with Crippen molar-refractivity contribution in [3.63, 3.8) is 0 Å². The maximum Gasteiger partial charge on any atom is 0.184 e. The average molecular weight is 421 g/mol. The highest BCUT2D eigenvalue weighted by molar-refractivity contribution is 7.80. The summed E-state index contributed by atoms with van der Waals surface area (Å²) in [6.07, 6.45) is 1.94. The maximum atomic E-state index is 14.6. The van der Waals surface area contributed by atoms with Crippen molar-refractivity contribution in [1.29, 1.82) is 0 Å². The molecule has 1 fully saturated rings. The molecule has 0 unspecified atom stereocenters. The van der Waals surface area contributed by atoms with Gasteiger partial charge in [0.25, 0.3) is 0 Å². The van der Waals surface area contributed by atoms with Gasteiger partial charge in [-0.3, -0.25) is 10.3 Å². The average Bonchev–Trinajstić information content (AvgIpc) is 2.92. The highest BCUT2D eigenvalue weighted by Gasteiger charge is 2.21. The molecule has 1 heterocycles. The normalized spacial score (nSPS) is 15.5. The number of anilines is 1. The minimum absolute atomic E-state index is 0.00255. The molecule has 0 amide bonds. The molecule has 1 saturated heterocycles. The second-order valence-electron chi connectivity index (χ2n) is 6.78. The summed E-state index contributed by atoms with van der Waals surface area (Å²) >= 11 is 4.60. The highest BCUT2D eigenvalue weighted by atomic mass is 32.1. The molecule has 29 heavy (non-hydrogen) atoms. The summed E-state index contributed by atoms with van der Waals surface area (Å²) in [5.74, 6) is -2.14. The van der Waals surface area contributed by atoms with E-state index in [1.165, 1.54) is 18.2 Å². The van der Waals surface area contributed by atoms with Crippen molar-refractivity contribution in [3.8, 4) is 0 Å². The van der Waals surface area contributed by atoms with Crippen LogP contribution in [0, 0.1) is 17.5 Å². The molecule has 0 aromatic heterocycles. The number of hydrogen-bond donors (Lipinski definition) is 2. The van der Waals surface area contributed by atoms with E-state index in [4.69, 9.17) is 5.73 Å². The Labute approximate surface area is 173 Å². The lowest BCUT2D eigenvalue weighted by atomic mass is 10.1. The first-order valence-corrected chi connectivity index (χ1v) is 9.63. The summed E-state index contributed by atoms with van der Waals surface area (Å²) in [5.41, 5.74) is 8.80. The van der Waals surface area contributed by atoms with Gasteiger partial charge in [0.15, 0.2) is 16.7 Å². The molecule has 1 aliphatic rings. The highest BCUT2D eigenvalue weighted by Crippen LogP contribution is 2.25. The van der Waals surface area contributed by atoms with E-state index in [-0.39, 0.29) is 22.2 Å². The fraction of sp³-hybridized carbons (Fsp3) is 0.300. The van der Waals surface area contributed by atoms with Crippen molar-refractivity contribution < 1.29 is 13.2 Å². The smallest absolute Gasteiger partial charge is 0.184 e. The van der Waals surface area contributed by atoms with E-state index in [9.17, 15) is 13.2 Å². The van der Waals surface area contributed by atoms with Gasteiger partial charge >= 0.3 is 0 Å². The lowest BCUT2D eigenvalue weighted by Crippen LogP contribution is -2.31. The number of hydrazone groups is 1. The lowest BCUT2D eigenvalue weighted by molar-refractivity contribution is 0.285. The third-order valence-electron chi connectivity index (χ3n) is 4.72. The van der Waals surface area contributed by atoms with Gasteiger partial charge in [-0.2, -0.15) is 5.10 Å². The van der Waals surface area contributed by atoms with Gasteiger partial charge in [-0.05, 0) is 48.5 Å². The van der Waals surface area contributed by atoms with E-state index in [2.05, 4.69) is 27.6 Å². The van der Waals surface area contributed by atoms with Crippen molar-refractivity contribution in [2.75, 3.05) is 31.1 Å². The predicted octanol–water partition coefficient (Wildman–Crippen LogP) is 2.98. The monoisotopic (exact) mass is 421 g/mol. The molecule has 0 aliphatic carbocycles. The Bertz CT molecular complexity index is 888. The van der Waals surface area contributed by atoms with Crippen LogP contribution < -0.4 is 16.1 Å². The summed E-state index contributed by atoms with van der Waals surface area (Å²) in [6.45, 7) is 3.39. The zero-order valence-corrected chi connectivity index (χ0v) is 16.6. The van der Waals surface area contributed by atoms with E-state index in [1.807, 2.05) is 4.90 Å². The second kappa shape index (κ2) is 9.71. The molecule has 3 N–H and O–H groups in total. The SMILES string of the molecule is NC(=S)N/N=C/c1ccc(N2CCCN(Cc3ccc(F)cc3)CC2)c(F)c1F. The summed E-state index contributed by atoms with van der Waals surface area (Å²) in [6, 6.07) is 9.44. The molecule has 5 nitrogen and oxygen atoms in total. The number of halogens is 3. The Morgan fingerprint density at radius 1 is 1.03 bits per heavy atom. The van der Waals surface area contributed by atoms with Crippen LogP contribution in [-0.2, 0) is 6.54 Å². The second-order valence-corrected chi connectivity index (χ2v) is 7.22. The van der Waals surface area contributed by atoms with E-state index < -0.39 is 11.6 Å². The first-order chi connectivity index (χ1) is 13.9. The van der Waals surface area contributed by atoms with Gasteiger partial charge in [0, 0.05) is 38.3 Å². The van der Waals surface area contributed by atoms with Crippen molar-refractivity contribution in [3.05, 3.63) is 65.0 Å². The summed E-state index contributed by atoms with van der Waals surface area (Å²) in [4.78, 5) is 4.07. The quantitative estimate of drug-likeness (QED) is 0.442. The Kier molecular flexibility index (Phi) is 7.05. The van der Waals surface area contributed by atoms with Crippen molar-refractivity contribution in [2.45, 2.75) is 13.0 Å². The van der Waals surface area contributed by atoms with Crippen LogP contribution in [-0.4, -0.2) is 42.4 Å². The summed E-state index contributed by atoms with van der Waals surface area (Å²) in [5, 5.41) is 3.60. The zero-order valence-electron chi connectivity index (χ0n) is 15.7. The van der Waals surface area contributed by atoms with Gasteiger partial charge < -0.3 is 10.6 Å². The molecular weight excluding hydrogens is 399 g/mol. The number of thiocarbonyl (C=S) groups is 1. The molecule has 0 spiro atoms. The molecule has 1 aliphatic heterocycles. The number of nitrogens with zero attached hydrogens (tertiary/aromatic N) is 3. The predicted molar refractivity (Wildman–Crippen MR) is 112 cm³/mol. The standard InChI is InChI=1S/C20H22F3N5S/c21-16-5-2-14(3-6-16)13-27-8-1-9-28(11-10-27)17-7-4-15(18(22)19(17)23)12-25-26-20(24)29/h2-7,12H,1,8-11,13H2,(H3,24,26,29)/b25-12+. The Hall–Kier alpha value is -2.65. The van der Waals surface area contributed by atoms with E-state index >= 15 is 0 Å². The van der Waals surface area contributed by atoms with E-state index in [0.717, 1.165) is 24.7 Å². The van der Waals surface area contributed by atoms with Gasteiger partial charge in [-0.15, -0.1) is 0 Å². The minimum Gasteiger partial charge on any atom is -0.375 e. The van der Waals surface area contributed by atoms with Crippen LogP contribution in [0.2, 0.25) is 0 Å². The molecular formula is C20H22F3N5S. The number of hydrogen-bond acceptors (Lipinski definition) is 4. The van der Waals surface area contributed by atoms with Crippen LogP contribution in [0.5, 0.6) is 0 Å². The minimum atomic E-state index is -0.969. The van der Waals surface area contributed by atoms with Crippen LogP contribution in [0.3, 0.4) is 0 Å². The van der Waals surface area contributed by atoms with Crippen LogP contribution in [0.1, 0.15) is 17.5 Å². The first-order valence-electron chi connectivity index (χ1n) is 9.22. The maximum absolute atomic E-state index is 14.6. The van der Waals surface area contributed by atoms with Gasteiger partial charge in [-0.25, -0.2) is 13.2 Å². The Morgan fingerprint density at radius 3 is 2.52 bits per heavy atom. The summed E-state index contributed by atoms with van der Waals surface area (Å²) < 4.78 is 42.1. The number of nitrogens with two attached hydrogens (primary N) is 1. The van der Waals surface area contributed by atoms with Crippen LogP contribution in [0.25, 0.3) is 0 Å². The molecule has 0 radical (unpaired) electrons. The Balaban J connectivity index is 1.66. The van der Waals surface area contributed by atoms with Gasteiger partial charge in [0.1, 0.15) is 5.82 Å². The molecule has 9 heteroatoms. The number of benzene rings is 2. The largest absolute Gasteiger partial charge is 0.375 e. The van der Waals surface area contributed by atoms with Gasteiger partial charge in [0.05, 0.1) is 11.9 Å². The van der Waals surface area contributed by atoms with Crippen molar-refractivity contribution in [1.82, 2.24) is 10.3 Å². The molecule has 154 valence electrons. The molecule has 3 rings (SSSR count). The summed E-state index contributed by atoms with van der Waals surface area (Å²) in [7, 11) is 0. The molecule has 2 aromatic carbocycles. The van der Waals surface area contributed by atoms with E-state index in [0.29, 0.717) is 26.2 Å². The van der Waals surface area contributed by atoms with Gasteiger partial charge in [-0.1, -0.05) is 12.1 Å². The van der Waals surface area contributed by atoms with Crippen molar-refractivity contribution >= 4 is 29.2 Å². The van der Waals surface area contributed by atoms with Crippen molar-refractivity contribution in [2.24, 2.45) is 10.8 Å². The van der Waals surface area contributed by atoms with Gasteiger partial charge in [0.2, 0.25) is 0 Å². The molecule has 2 aromatic rings. The topological polar surface area (TPSA) is 56.9 Å². The molecule has 0 saturated carbocycles. The van der Waals surface area contributed by atoms with Crippen LogP contribution in [0.15, 0.2) is 41.5 Å².